The predicted molar refractivity (Wildman–Crippen MR) is 123 cm³/mol. The third-order valence-electron chi connectivity index (χ3n) is 4.69. The van der Waals surface area contributed by atoms with E-state index in [1.165, 1.54) is 12.1 Å². The Hall–Kier alpha value is -3.36. The van der Waals surface area contributed by atoms with Crippen LogP contribution in [0.2, 0.25) is 5.02 Å². The van der Waals surface area contributed by atoms with Gasteiger partial charge in [0.1, 0.15) is 17.3 Å². The van der Waals surface area contributed by atoms with E-state index in [1.807, 2.05) is 36.4 Å². The molecule has 0 aromatic heterocycles. The molecule has 1 atom stereocenters. The Morgan fingerprint density at radius 2 is 1.55 bits per heavy atom. The number of carbonyl (C=O) groups is 2. The average Bonchev–Trinajstić information content (AvgIpc) is 2.82. The van der Waals surface area contributed by atoms with Crippen molar-refractivity contribution in [2.45, 2.75) is 12.5 Å². The number of aliphatic hydroxyl groups is 1. The van der Waals surface area contributed by atoms with Crippen LogP contribution in [0.4, 0.5) is 4.39 Å². The molecule has 3 N–H and O–H groups in total. The zero-order valence-corrected chi connectivity index (χ0v) is 18.5. The van der Waals surface area contributed by atoms with Gasteiger partial charge in [-0.15, -0.1) is 0 Å². The molecule has 3 rings (SSSR count). The summed E-state index contributed by atoms with van der Waals surface area (Å²) in [5, 5.41) is 17.2. The monoisotopic (exact) mass is 474 g/mol. The third-order valence-corrected chi connectivity index (χ3v) is 4.99. The number of carbonyl (C=O) groups excluding carboxylic acids is 2. The lowest BCUT2D eigenvalue weighted by molar-refractivity contribution is -0.124. The Bertz CT molecular complexity index is 1110. The SMILES string of the molecule is O=C(COc1ccc(Cl)c(F)c1)NCC[C@H](O)CNC(=O)COc1ccc2ccccc2c1. The average molecular weight is 475 g/mol. The Labute approximate surface area is 195 Å². The lowest BCUT2D eigenvalue weighted by Gasteiger charge is -2.13. The van der Waals surface area contributed by atoms with Gasteiger partial charge in [-0.3, -0.25) is 9.59 Å². The maximum atomic E-state index is 13.3. The molecule has 0 radical (unpaired) electrons. The highest BCUT2D eigenvalue weighted by Crippen LogP contribution is 2.21. The summed E-state index contributed by atoms with van der Waals surface area (Å²) in [4.78, 5) is 23.8. The standard InChI is InChI=1S/C24H24ClFN2O5/c25-21-8-7-20(12-22(21)26)33-14-23(30)27-10-9-18(29)13-28-24(31)15-32-19-6-5-16-3-1-2-4-17(16)11-19/h1-8,11-12,18,29H,9-10,13-15H2,(H,27,30)(H,28,31)/t18-/m0/s1. The van der Waals surface area contributed by atoms with Crippen LogP contribution in [0.15, 0.2) is 60.7 Å². The first-order valence-electron chi connectivity index (χ1n) is 10.3. The van der Waals surface area contributed by atoms with E-state index in [0.717, 1.165) is 16.8 Å². The molecular weight excluding hydrogens is 451 g/mol. The predicted octanol–water partition coefficient (Wildman–Crippen LogP) is 3.07. The zero-order chi connectivity index (χ0) is 23.6. The summed E-state index contributed by atoms with van der Waals surface area (Å²) in [6, 6.07) is 17.3. The van der Waals surface area contributed by atoms with Gasteiger partial charge < -0.3 is 25.2 Å². The first-order valence-corrected chi connectivity index (χ1v) is 10.7. The first kappa shape index (κ1) is 24.3. The smallest absolute Gasteiger partial charge is 0.258 e. The van der Waals surface area contributed by atoms with Crippen molar-refractivity contribution in [3.63, 3.8) is 0 Å². The van der Waals surface area contributed by atoms with Crippen molar-refractivity contribution in [1.82, 2.24) is 10.6 Å². The van der Waals surface area contributed by atoms with Crippen LogP contribution < -0.4 is 20.1 Å². The second-order valence-electron chi connectivity index (χ2n) is 7.26. The third kappa shape index (κ3) is 7.93. The summed E-state index contributed by atoms with van der Waals surface area (Å²) in [6.45, 7) is -0.275. The Morgan fingerprint density at radius 1 is 0.909 bits per heavy atom. The fourth-order valence-electron chi connectivity index (χ4n) is 2.94. The molecule has 0 saturated heterocycles. The molecule has 0 aliphatic rings. The number of amides is 2. The molecule has 0 aliphatic carbocycles. The van der Waals surface area contributed by atoms with Crippen LogP contribution in [0, 0.1) is 5.82 Å². The number of aliphatic hydroxyl groups excluding tert-OH is 1. The van der Waals surface area contributed by atoms with Gasteiger partial charge in [-0.05, 0) is 41.5 Å². The number of rotatable bonds is 11. The number of ether oxygens (including phenoxy) is 2. The van der Waals surface area contributed by atoms with E-state index in [1.54, 1.807) is 6.07 Å². The summed E-state index contributed by atoms with van der Waals surface area (Å²) in [6.07, 6.45) is -0.617. The van der Waals surface area contributed by atoms with Crippen LogP contribution >= 0.6 is 11.6 Å². The molecule has 3 aromatic carbocycles. The van der Waals surface area contributed by atoms with E-state index in [4.69, 9.17) is 21.1 Å². The highest BCUT2D eigenvalue weighted by atomic mass is 35.5. The van der Waals surface area contributed by atoms with Gasteiger partial charge in [0.2, 0.25) is 0 Å². The van der Waals surface area contributed by atoms with Gasteiger partial charge in [0, 0.05) is 19.2 Å². The molecule has 9 heteroatoms. The molecule has 0 unspecified atom stereocenters. The van der Waals surface area contributed by atoms with Crippen molar-refractivity contribution in [3.05, 3.63) is 71.5 Å². The van der Waals surface area contributed by atoms with Gasteiger partial charge >= 0.3 is 0 Å². The minimum atomic E-state index is -0.846. The van der Waals surface area contributed by atoms with Gasteiger partial charge in [0.25, 0.3) is 11.8 Å². The van der Waals surface area contributed by atoms with Gasteiger partial charge in [-0.25, -0.2) is 4.39 Å². The largest absolute Gasteiger partial charge is 0.484 e. The molecule has 33 heavy (non-hydrogen) atoms. The van der Waals surface area contributed by atoms with Crippen molar-refractivity contribution in [3.8, 4) is 11.5 Å². The fraction of sp³-hybridized carbons (Fsp3) is 0.250. The number of benzene rings is 3. The van der Waals surface area contributed by atoms with Crippen molar-refractivity contribution in [2.75, 3.05) is 26.3 Å². The molecular formula is C24H24ClFN2O5. The quantitative estimate of drug-likeness (QED) is 0.397. The Balaban J connectivity index is 1.28. The normalized spacial score (nSPS) is 11.6. The molecule has 0 heterocycles. The lowest BCUT2D eigenvalue weighted by atomic mass is 10.1. The number of hydrogen-bond donors (Lipinski definition) is 3. The Kier molecular flexibility index (Phi) is 8.86. The topological polar surface area (TPSA) is 96.9 Å². The second-order valence-corrected chi connectivity index (χ2v) is 7.67. The first-order chi connectivity index (χ1) is 15.9. The minimum Gasteiger partial charge on any atom is -0.484 e. The van der Waals surface area contributed by atoms with E-state index < -0.39 is 17.8 Å². The van der Waals surface area contributed by atoms with Crippen molar-refractivity contribution < 1.29 is 28.6 Å². The van der Waals surface area contributed by atoms with Crippen LogP contribution in [0.5, 0.6) is 11.5 Å². The van der Waals surface area contributed by atoms with Gasteiger partial charge in [0.15, 0.2) is 13.2 Å². The van der Waals surface area contributed by atoms with Crippen LogP contribution in [0.3, 0.4) is 0 Å². The van der Waals surface area contributed by atoms with Crippen LogP contribution in [-0.4, -0.2) is 49.3 Å². The zero-order valence-electron chi connectivity index (χ0n) is 17.7. The van der Waals surface area contributed by atoms with Crippen molar-refractivity contribution >= 4 is 34.2 Å². The number of nitrogens with one attached hydrogen (secondary N) is 2. The van der Waals surface area contributed by atoms with E-state index in [0.29, 0.717) is 5.75 Å². The van der Waals surface area contributed by atoms with Crippen LogP contribution in [0.1, 0.15) is 6.42 Å². The summed E-state index contributed by atoms with van der Waals surface area (Å²) in [5.41, 5.74) is 0. The van der Waals surface area contributed by atoms with Crippen LogP contribution in [-0.2, 0) is 9.59 Å². The van der Waals surface area contributed by atoms with Gasteiger partial charge in [0.05, 0.1) is 11.1 Å². The summed E-state index contributed by atoms with van der Waals surface area (Å²) < 4.78 is 24.0. The van der Waals surface area contributed by atoms with Gasteiger partial charge in [-0.1, -0.05) is 41.9 Å². The number of fused-ring (bicyclic) bond motifs is 1. The Morgan fingerprint density at radius 3 is 2.27 bits per heavy atom. The minimum absolute atomic E-state index is 0.0241. The van der Waals surface area contributed by atoms with E-state index in [9.17, 15) is 19.1 Å². The molecule has 0 saturated carbocycles. The number of hydrogen-bond acceptors (Lipinski definition) is 5. The summed E-state index contributed by atoms with van der Waals surface area (Å²) >= 11 is 5.58. The summed E-state index contributed by atoms with van der Waals surface area (Å²) in [5.74, 6) is -0.668. The maximum absolute atomic E-state index is 13.3. The molecule has 2 amide bonds. The highest BCUT2D eigenvalue weighted by molar-refractivity contribution is 6.30. The van der Waals surface area contributed by atoms with E-state index >= 15 is 0 Å². The van der Waals surface area contributed by atoms with Crippen molar-refractivity contribution in [2.24, 2.45) is 0 Å². The molecule has 7 nitrogen and oxygen atoms in total. The summed E-state index contributed by atoms with van der Waals surface area (Å²) in [7, 11) is 0. The van der Waals surface area contributed by atoms with E-state index in [-0.39, 0.29) is 49.4 Å². The highest BCUT2D eigenvalue weighted by Gasteiger charge is 2.10. The molecule has 3 aromatic rings. The van der Waals surface area contributed by atoms with E-state index in [2.05, 4.69) is 10.6 Å². The number of halogens is 2. The molecule has 0 bridgehead atoms. The van der Waals surface area contributed by atoms with Crippen LogP contribution in [0.25, 0.3) is 10.8 Å². The lowest BCUT2D eigenvalue weighted by Crippen LogP contribution is -2.37. The second kappa shape index (κ2) is 12.0. The maximum Gasteiger partial charge on any atom is 0.258 e. The molecule has 174 valence electrons. The molecule has 0 fully saturated rings. The molecule has 0 aliphatic heterocycles. The van der Waals surface area contributed by atoms with Gasteiger partial charge in [-0.2, -0.15) is 0 Å². The molecule has 0 spiro atoms. The fourth-order valence-corrected chi connectivity index (χ4v) is 3.05. The van der Waals surface area contributed by atoms with Crippen molar-refractivity contribution in [1.29, 1.82) is 0 Å².